The van der Waals surface area contributed by atoms with Gasteiger partial charge in [0.15, 0.2) is 0 Å². The fourth-order valence-corrected chi connectivity index (χ4v) is 3.41. The normalized spacial score (nSPS) is 12.5. The third kappa shape index (κ3) is 3.94. The van der Waals surface area contributed by atoms with E-state index in [4.69, 9.17) is 4.98 Å². The van der Waals surface area contributed by atoms with Crippen molar-refractivity contribution < 1.29 is 14.6 Å². The zero-order valence-corrected chi connectivity index (χ0v) is 16.8. The number of hydrogen-bond acceptors (Lipinski definition) is 4. The highest BCUT2D eigenvalue weighted by molar-refractivity contribution is 5.99. The van der Waals surface area contributed by atoms with Crippen LogP contribution in [0.4, 0.5) is 10.2 Å². The minimum Gasteiger partial charge on any atom is -0.508 e. The number of nitrogens with zero attached hydrogens (tertiary/aromatic N) is 1. The van der Waals surface area contributed by atoms with E-state index in [1.807, 2.05) is 19.1 Å². The predicted octanol–water partition coefficient (Wildman–Crippen LogP) is 5.22. The third-order valence-corrected chi connectivity index (χ3v) is 4.96. The number of anilines is 1. The number of aromatic nitrogens is 1. The lowest BCUT2D eigenvalue weighted by Crippen LogP contribution is -2.17. The molecule has 0 aliphatic heterocycles. The summed E-state index contributed by atoms with van der Waals surface area (Å²) in [6.07, 6.45) is 0. The minimum absolute atomic E-state index is 0.0817. The van der Waals surface area contributed by atoms with Crippen molar-refractivity contribution in [2.45, 2.75) is 33.6 Å². The Hall–Kier alpha value is -2.66. The van der Waals surface area contributed by atoms with E-state index >= 15 is 0 Å². The van der Waals surface area contributed by atoms with Gasteiger partial charge in [0.05, 0.1) is 5.52 Å². The Balaban J connectivity index is 2.31. The summed E-state index contributed by atoms with van der Waals surface area (Å²) in [5.41, 5.74) is 4.19. The number of aryl methyl sites for hydroxylation is 1. The van der Waals surface area contributed by atoms with E-state index in [0.717, 1.165) is 27.9 Å². The molecule has 0 fully saturated rings. The van der Waals surface area contributed by atoms with Gasteiger partial charge in [-0.1, -0.05) is 26.8 Å². The van der Waals surface area contributed by atoms with E-state index in [1.165, 1.54) is 6.07 Å². The molecule has 3 N–H and O–H groups in total. The molecule has 1 unspecified atom stereocenters. The fraction of sp³-hybridized carbons (Fsp3) is 0.348. The molecule has 4 nitrogen and oxygen atoms in total. The highest BCUT2D eigenvalue weighted by Gasteiger charge is 2.20. The highest BCUT2D eigenvalue weighted by atomic mass is 19.1. The van der Waals surface area contributed by atoms with Crippen molar-refractivity contribution in [3.05, 3.63) is 53.3 Å². The molecule has 2 aromatic carbocycles. The summed E-state index contributed by atoms with van der Waals surface area (Å²) in [7, 11) is 0. The summed E-state index contributed by atoms with van der Waals surface area (Å²) in [6, 6.07) is 10.3. The summed E-state index contributed by atoms with van der Waals surface area (Å²) < 4.78 is 13.9. The molecule has 0 bridgehead atoms. The zero-order chi connectivity index (χ0) is 20.4. The van der Waals surface area contributed by atoms with Crippen LogP contribution in [0.5, 0.6) is 5.75 Å². The molecule has 0 amide bonds. The second-order valence-electron chi connectivity index (χ2n) is 7.74. The number of fused-ring (bicyclic) bond motifs is 1. The smallest absolute Gasteiger partial charge is 0.130 e. The molecule has 0 aliphatic rings. The van der Waals surface area contributed by atoms with E-state index in [2.05, 4.69) is 19.2 Å². The molecule has 3 rings (SSSR count). The maximum atomic E-state index is 13.9. The average molecular weight is 382 g/mol. The first-order chi connectivity index (χ1) is 13.3. The van der Waals surface area contributed by atoms with E-state index < -0.39 is 0 Å². The molecule has 3 aromatic rings. The molecule has 1 heterocycles. The number of aromatic hydroxyl groups is 1. The van der Waals surface area contributed by atoms with Crippen LogP contribution in [-0.4, -0.2) is 28.3 Å². The number of hydrogen-bond donors (Lipinski definition) is 3. The van der Waals surface area contributed by atoms with Crippen LogP contribution >= 0.6 is 0 Å². The number of rotatable bonds is 6. The Morgan fingerprint density at radius 2 is 1.86 bits per heavy atom. The summed E-state index contributed by atoms with van der Waals surface area (Å²) in [5.74, 6) is 0.885. The van der Waals surface area contributed by atoms with E-state index in [1.54, 1.807) is 25.1 Å². The maximum Gasteiger partial charge on any atom is 0.130 e. The van der Waals surface area contributed by atoms with Crippen molar-refractivity contribution in [2.24, 2.45) is 5.92 Å². The van der Waals surface area contributed by atoms with Gasteiger partial charge in [0.2, 0.25) is 0 Å². The number of phenols is 1. The molecule has 0 saturated heterocycles. The van der Waals surface area contributed by atoms with Gasteiger partial charge in [0.1, 0.15) is 17.4 Å². The summed E-state index contributed by atoms with van der Waals surface area (Å²) in [6.45, 7) is 8.58. The molecular formula is C23H27FN2O2. The number of nitrogens with one attached hydrogen (secondary N) is 1. The number of benzene rings is 2. The lowest BCUT2D eigenvalue weighted by atomic mass is 9.89. The Bertz CT molecular complexity index is 1000. The van der Waals surface area contributed by atoms with Crippen molar-refractivity contribution in [3.8, 4) is 16.9 Å². The fourth-order valence-electron chi connectivity index (χ4n) is 3.41. The van der Waals surface area contributed by atoms with Gasteiger partial charge in [-0.15, -0.1) is 0 Å². The number of aliphatic hydroxyl groups excluding tert-OH is 1. The van der Waals surface area contributed by atoms with Crippen molar-refractivity contribution >= 4 is 16.7 Å². The molecule has 0 aliphatic carbocycles. The monoisotopic (exact) mass is 382 g/mol. The standard InChI is InChI=1S/C23H27FN2O2/c1-13(2)21-22(16-5-8-19(24)15(4)9-16)18-7-6-17(28)10-20(18)26-23(21)25-11-14(3)12-27/h5-10,13-14,27-28H,11-12H2,1-4H3,(H,25,26). The molecule has 1 aromatic heterocycles. The quantitative estimate of drug-likeness (QED) is 0.547. The first-order valence-corrected chi connectivity index (χ1v) is 9.59. The van der Waals surface area contributed by atoms with Crippen molar-refractivity contribution in [2.75, 3.05) is 18.5 Å². The number of halogens is 1. The van der Waals surface area contributed by atoms with Gasteiger partial charge in [-0.3, -0.25) is 0 Å². The Labute approximate surface area is 165 Å². The van der Waals surface area contributed by atoms with E-state index in [0.29, 0.717) is 17.6 Å². The Morgan fingerprint density at radius 3 is 2.50 bits per heavy atom. The van der Waals surface area contributed by atoms with Crippen molar-refractivity contribution in [1.29, 1.82) is 0 Å². The predicted molar refractivity (Wildman–Crippen MR) is 112 cm³/mol. The molecule has 5 heteroatoms. The van der Waals surface area contributed by atoms with Gasteiger partial charge < -0.3 is 15.5 Å². The van der Waals surface area contributed by atoms with Crippen LogP contribution in [0.25, 0.3) is 22.0 Å². The Morgan fingerprint density at radius 1 is 1.11 bits per heavy atom. The first-order valence-electron chi connectivity index (χ1n) is 9.59. The van der Waals surface area contributed by atoms with Gasteiger partial charge in [0, 0.05) is 30.2 Å². The van der Waals surface area contributed by atoms with Gasteiger partial charge in [-0.05, 0) is 59.7 Å². The van der Waals surface area contributed by atoms with Crippen LogP contribution in [0.3, 0.4) is 0 Å². The van der Waals surface area contributed by atoms with Crippen LogP contribution in [0.15, 0.2) is 36.4 Å². The average Bonchev–Trinajstić information content (AvgIpc) is 2.66. The molecular weight excluding hydrogens is 355 g/mol. The van der Waals surface area contributed by atoms with Crippen LogP contribution in [0, 0.1) is 18.7 Å². The van der Waals surface area contributed by atoms with Gasteiger partial charge in [0.25, 0.3) is 0 Å². The molecule has 148 valence electrons. The maximum absolute atomic E-state index is 13.9. The van der Waals surface area contributed by atoms with Crippen molar-refractivity contribution in [1.82, 2.24) is 4.98 Å². The molecule has 28 heavy (non-hydrogen) atoms. The first kappa shape index (κ1) is 20.1. The topological polar surface area (TPSA) is 65.4 Å². The second-order valence-corrected chi connectivity index (χ2v) is 7.74. The van der Waals surface area contributed by atoms with Crippen molar-refractivity contribution in [3.63, 3.8) is 0 Å². The van der Waals surface area contributed by atoms with Crippen LogP contribution in [0.2, 0.25) is 0 Å². The summed E-state index contributed by atoms with van der Waals surface area (Å²) >= 11 is 0. The lowest BCUT2D eigenvalue weighted by molar-refractivity contribution is 0.244. The zero-order valence-electron chi connectivity index (χ0n) is 16.8. The SMILES string of the molecule is Cc1cc(-c2c(C(C)C)c(NCC(C)CO)nc3cc(O)ccc23)ccc1F. The Kier molecular flexibility index (Phi) is 5.84. The molecule has 0 radical (unpaired) electrons. The largest absolute Gasteiger partial charge is 0.508 e. The number of pyridine rings is 1. The third-order valence-electron chi connectivity index (χ3n) is 4.96. The van der Waals surface area contributed by atoms with Crippen LogP contribution < -0.4 is 5.32 Å². The van der Waals surface area contributed by atoms with Crippen LogP contribution in [0.1, 0.15) is 37.8 Å². The number of phenolic OH excluding ortho intramolecular Hbond substituents is 1. The van der Waals surface area contributed by atoms with Gasteiger partial charge in [-0.25, -0.2) is 9.37 Å². The van der Waals surface area contributed by atoms with Gasteiger partial charge >= 0.3 is 0 Å². The van der Waals surface area contributed by atoms with E-state index in [-0.39, 0.29) is 30.0 Å². The highest BCUT2D eigenvalue weighted by Crippen LogP contribution is 2.40. The lowest BCUT2D eigenvalue weighted by Gasteiger charge is -2.22. The molecule has 0 spiro atoms. The van der Waals surface area contributed by atoms with Gasteiger partial charge in [-0.2, -0.15) is 0 Å². The molecule has 0 saturated carbocycles. The van der Waals surface area contributed by atoms with Crippen LogP contribution in [-0.2, 0) is 0 Å². The number of aliphatic hydroxyl groups is 1. The van der Waals surface area contributed by atoms with E-state index in [9.17, 15) is 14.6 Å². The second kappa shape index (κ2) is 8.15. The summed E-state index contributed by atoms with van der Waals surface area (Å²) in [4.78, 5) is 4.76. The summed E-state index contributed by atoms with van der Waals surface area (Å²) in [5, 5.41) is 23.6. The molecule has 1 atom stereocenters. The minimum atomic E-state index is -0.235.